The van der Waals surface area contributed by atoms with Crippen molar-refractivity contribution in [3.63, 3.8) is 0 Å². The topological polar surface area (TPSA) is 34.2 Å². The minimum Gasteiger partial charge on any atom is -0.434 e. The van der Waals surface area contributed by atoms with Crippen molar-refractivity contribution in [2.24, 2.45) is 0 Å². The Hall–Kier alpha value is -7.21. The molecule has 12 rings (SSSR count). The lowest BCUT2D eigenvalue weighted by atomic mass is 10.0. The van der Waals surface area contributed by atoms with Gasteiger partial charge < -0.3 is 13.9 Å². The number of hydrogen-bond donors (Lipinski definition) is 0. The van der Waals surface area contributed by atoms with Crippen LogP contribution in [0.15, 0.2) is 192 Å². The molecule has 0 saturated heterocycles. The van der Waals surface area contributed by atoms with Crippen LogP contribution in [0.5, 0.6) is 0 Å². The molecule has 0 N–H and O–H groups in total. The summed E-state index contributed by atoms with van der Waals surface area (Å²) in [5, 5.41) is 9.67. The molecule has 12 aromatic rings. The molecule has 56 heavy (non-hydrogen) atoms. The van der Waals surface area contributed by atoms with E-state index in [0.717, 1.165) is 50.3 Å². The van der Waals surface area contributed by atoms with Gasteiger partial charge in [0.1, 0.15) is 5.52 Å². The van der Waals surface area contributed by atoms with E-state index < -0.39 is 0 Å². The fourth-order valence-corrected chi connectivity index (χ4v) is 9.81. The SMILES string of the molecule is c1ccc(-n2c3ccc(N(c4cccc5nc(-c6ccc7ccccc7c6)oc45)c4cccc5sc6ccccc6c45)cc3c3c4ccccc4ccc32)cc1. The van der Waals surface area contributed by atoms with Crippen molar-refractivity contribution in [1.82, 2.24) is 9.55 Å². The normalized spacial score (nSPS) is 11.9. The van der Waals surface area contributed by atoms with Crippen LogP contribution in [0.1, 0.15) is 0 Å². The van der Waals surface area contributed by atoms with Gasteiger partial charge in [0.15, 0.2) is 5.58 Å². The summed E-state index contributed by atoms with van der Waals surface area (Å²) in [4.78, 5) is 7.47. The van der Waals surface area contributed by atoms with Crippen LogP contribution in [0.3, 0.4) is 0 Å². The third-order valence-corrected chi connectivity index (χ3v) is 12.3. The van der Waals surface area contributed by atoms with E-state index in [-0.39, 0.29) is 0 Å². The summed E-state index contributed by atoms with van der Waals surface area (Å²) in [7, 11) is 0. The van der Waals surface area contributed by atoms with Gasteiger partial charge in [-0.2, -0.15) is 0 Å². The van der Waals surface area contributed by atoms with Gasteiger partial charge in [-0.05, 0) is 100 Å². The Balaban J connectivity index is 1.16. The summed E-state index contributed by atoms with van der Waals surface area (Å²) in [5.41, 5.74) is 9.03. The molecular weight excluding hydrogens is 703 g/mol. The summed E-state index contributed by atoms with van der Waals surface area (Å²) in [6.07, 6.45) is 0. The molecule has 5 heteroatoms. The number of anilines is 3. The average Bonchev–Trinajstić information content (AvgIpc) is 3.97. The first kappa shape index (κ1) is 31.2. The fourth-order valence-electron chi connectivity index (χ4n) is 8.68. The molecule has 0 radical (unpaired) electrons. The summed E-state index contributed by atoms with van der Waals surface area (Å²) in [5.74, 6) is 0.602. The average molecular weight is 734 g/mol. The Labute approximate surface area is 325 Å². The van der Waals surface area contributed by atoms with Crippen LogP contribution in [-0.4, -0.2) is 9.55 Å². The van der Waals surface area contributed by atoms with Crippen molar-refractivity contribution in [3.8, 4) is 17.1 Å². The number of aromatic nitrogens is 2. The standard InChI is InChI=1S/C51H31N3OS/c1-2-15-36(16-3-1)53-42-29-27-37(31-40(42)48-38-17-7-6-13-33(38)26-28-44(48)53)54(43-20-11-23-47-49(43)39-18-8-9-22-46(39)56-47)45-21-10-19-41-50(45)55-51(52-41)35-25-24-32-12-4-5-14-34(32)30-35/h1-31H. The lowest BCUT2D eigenvalue weighted by Gasteiger charge is -2.26. The highest BCUT2D eigenvalue weighted by Gasteiger charge is 2.24. The maximum absolute atomic E-state index is 6.86. The van der Waals surface area contributed by atoms with Gasteiger partial charge in [-0.1, -0.05) is 109 Å². The molecular formula is C51H31N3OS. The Morgan fingerprint density at radius 1 is 0.482 bits per heavy atom. The van der Waals surface area contributed by atoms with Gasteiger partial charge in [0, 0.05) is 47.9 Å². The summed E-state index contributed by atoms with van der Waals surface area (Å²) >= 11 is 1.83. The highest BCUT2D eigenvalue weighted by molar-refractivity contribution is 7.26. The van der Waals surface area contributed by atoms with Gasteiger partial charge in [-0.15, -0.1) is 11.3 Å². The Morgan fingerprint density at radius 3 is 2.11 bits per heavy atom. The molecule has 4 nitrogen and oxygen atoms in total. The zero-order valence-corrected chi connectivity index (χ0v) is 30.9. The molecule has 0 atom stereocenters. The number of hydrogen-bond acceptors (Lipinski definition) is 4. The van der Waals surface area contributed by atoms with E-state index in [2.05, 4.69) is 198 Å². The molecule has 0 aliphatic carbocycles. The zero-order valence-electron chi connectivity index (χ0n) is 30.1. The second-order valence-corrected chi connectivity index (χ2v) is 15.4. The molecule has 0 saturated carbocycles. The van der Waals surface area contributed by atoms with E-state index >= 15 is 0 Å². The molecule has 262 valence electrons. The second kappa shape index (κ2) is 12.2. The number of thiophene rings is 1. The van der Waals surface area contributed by atoms with Gasteiger partial charge in [0.05, 0.1) is 22.4 Å². The Bertz CT molecular complexity index is 3500. The molecule has 0 fully saturated rings. The summed E-state index contributed by atoms with van der Waals surface area (Å²) in [6, 6.07) is 67.3. The van der Waals surface area contributed by atoms with Crippen LogP contribution in [0, 0.1) is 0 Å². The summed E-state index contributed by atoms with van der Waals surface area (Å²) < 4.78 is 11.8. The second-order valence-electron chi connectivity index (χ2n) is 14.3. The predicted molar refractivity (Wildman–Crippen MR) is 236 cm³/mol. The maximum atomic E-state index is 6.86. The predicted octanol–water partition coefficient (Wildman–Crippen LogP) is 14.7. The quantitative estimate of drug-likeness (QED) is 0.177. The van der Waals surface area contributed by atoms with Gasteiger partial charge >= 0.3 is 0 Å². The van der Waals surface area contributed by atoms with Crippen LogP contribution in [0.4, 0.5) is 17.1 Å². The lowest BCUT2D eigenvalue weighted by molar-refractivity contribution is 0.620. The number of oxazole rings is 1. The van der Waals surface area contributed by atoms with E-state index in [4.69, 9.17) is 9.40 Å². The third-order valence-electron chi connectivity index (χ3n) is 11.2. The molecule has 0 aliphatic heterocycles. The van der Waals surface area contributed by atoms with Crippen molar-refractivity contribution in [2.75, 3.05) is 4.90 Å². The van der Waals surface area contributed by atoms with Gasteiger partial charge in [-0.3, -0.25) is 0 Å². The van der Waals surface area contributed by atoms with E-state index in [1.807, 2.05) is 11.3 Å². The number of para-hydroxylation sites is 2. The van der Waals surface area contributed by atoms with Crippen LogP contribution < -0.4 is 4.90 Å². The minimum atomic E-state index is 0.602. The number of benzene rings is 9. The van der Waals surface area contributed by atoms with Gasteiger partial charge in [-0.25, -0.2) is 4.98 Å². The van der Waals surface area contributed by atoms with Gasteiger partial charge in [0.25, 0.3) is 0 Å². The van der Waals surface area contributed by atoms with E-state index in [1.165, 1.54) is 52.6 Å². The first-order chi connectivity index (χ1) is 27.8. The van der Waals surface area contributed by atoms with Crippen LogP contribution >= 0.6 is 11.3 Å². The smallest absolute Gasteiger partial charge is 0.227 e. The molecule has 0 spiro atoms. The van der Waals surface area contributed by atoms with Crippen molar-refractivity contribution in [1.29, 1.82) is 0 Å². The molecule has 0 amide bonds. The highest BCUT2D eigenvalue weighted by Crippen LogP contribution is 2.48. The van der Waals surface area contributed by atoms with E-state index in [9.17, 15) is 0 Å². The Kier molecular flexibility index (Phi) is 6.76. The number of rotatable bonds is 5. The van der Waals surface area contributed by atoms with Crippen LogP contribution in [0.25, 0.3) is 91.8 Å². The number of nitrogens with zero attached hydrogens (tertiary/aromatic N) is 3. The molecule has 0 bridgehead atoms. The monoisotopic (exact) mass is 733 g/mol. The first-order valence-corrected chi connectivity index (χ1v) is 19.7. The maximum Gasteiger partial charge on any atom is 0.227 e. The molecule has 0 unspecified atom stereocenters. The third kappa shape index (κ3) is 4.68. The minimum absolute atomic E-state index is 0.602. The van der Waals surface area contributed by atoms with Crippen LogP contribution in [-0.2, 0) is 0 Å². The molecule has 3 aromatic heterocycles. The molecule has 9 aromatic carbocycles. The first-order valence-electron chi connectivity index (χ1n) is 18.9. The van der Waals surface area contributed by atoms with Gasteiger partial charge in [0.2, 0.25) is 5.89 Å². The van der Waals surface area contributed by atoms with Crippen molar-refractivity contribution < 1.29 is 4.42 Å². The Morgan fingerprint density at radius 2 is 1.20 bits per heavy atom. The van der Waals surface area contributed by atoms with E-state index in [1.54, 1.807) is 0 Å². The fraction of sp³-hybridized carbons (Fsp3) is 0. The lowest BCUT2D eigenvalue weighted by Crippen LogP contribution is -2.10. The van der Waals surface area contributed by atoms with E-state index in [0.29, 0.717) is 5.89 Å². The summed E-state index contributed by atoms with van der Waals surface area (Å²) in [6.45, 7) is 0. The van der Waals surface area contributed by atoms with Crippen molar-refractivity contribution in [3.05, 3.63) is 188 Å². The molecule has 3 heterocycles. The molecule has 0 aliphatic rings. The van der Waals surface area contributed by atoms with Crippen molar-refractivity contribution in [2.45, 2.75) is 0 Å². The van der Waals surface area contributed by atoms with Crippen LogP contribution in [0.2, 0.25) is 0 Å². The largest absolute Gasteiger partial charge is 0.434 e. The number of fused-ring (bicyclic) bond motifs is 10. The van der Waals surface area contributed by atoms with Crippen molar-refractivity contribution >= 4 is 103 Å². The highest BCUT2D eigenvalue weighted by atomic mass is 32.1. The zero-order chi connectivity index (χ0) is 36.7.